The van der Waals surface area contributed by atoms with Gasteiger partial charge in [0.2, 0.25) is 0 Å². The third kappa shape index (κ3) is 4.75. The second-order valence-corrected chi connectivity index (χ2v) is 9.01. The van der Waals surface area contributed by atoms with Gasteiger partial charge in [-0.15, -0.1) is 0 Å². The first-order valence-corrected chi connectivity index (χ1v) is 11.7. The molecule has 0 aliphatic carbocycles. The number of anilines is 1. The number of pyridine rings is 1. The van der Waals surface area contributed by atoms with Crippen molar-refractivity contribution in [3.05, 3.63) is 77.4 Å². The number of aromatic nitrogens is 2. The largest absolute Gasteiger partial charge is 0.491 e. The van der Waals surface area contributed by atoms with Crippen LogP contribution < -0.4 is 15.0 Å². The molecule has 1 fully saturated rings. The number of rotatable bonds is 8. The number of hydrogen-bond donors (Lipinski definition) is 1. The van der Waals surface area contributed by atoms with Gasteiger partial charge in [0, 0.05) is 36.9 Å². The highest BCUT2D eigenvalue weighted by atomic mass is 32.1. The van der Waals surface area contributed by atoms with Gasteiger partial charge in [-0.2, -0.15) is 0 Å². The first-order valence-electron chi connectivity index (χ1n) is 11.3. The molecule has 0 amide bonds. The quantitative estimate of drug-likeness (QED) is 0.468. The van der Waals surface area contributed by atoms with Gasteiger partial charge in [0.1, 0.15) is 5.75 Å². The van der Waals surface area contributed by atoms with Crippen LogP contribution in [0.1, 0.15) is 48.6 Å². The highest BCUT2D eigenvalue weighted by Crippen LogP contribution is 2.43. The van der Waals surface area contributed by atoms with E-state index in [2.05, 4.69) is 57.9 Å². The number of aryl methyl sites for hydroxylation is 1. The number of nitrogens with zero attached hydrogens (tertiary/aromatic N) is 3. The van der Waals surface area contributed by atoms with E-state index >= 15 is 0 Å². The van der Waals surface area contributed by atoms with Gasteiger partial charge >= 0.3 is 0 Å². The van der Waals surface area contributed by atoms with Crippen molar-refractivity contribution in [3.8, 4) is 5.75 Å². The SMILES string of the molecule is COCCn1c(C)cc([C@H]2[C@H](c3ccccn3)NC(=S)N2c2ccc(OC(C)C)cc2)c1C. The van der Waals surface area contributed by atoms with Gasteiger partial charge in [0.25, 0.3) is 0 Å². The Labute approximate surface area is 201 Å². The van der Waals surface area contributed by atoms with Crippen molar-refractivity contribution in [2.45, 2.75) is 52.4 Å². The molecule has 1 saturated heterocycles. The molecule has 0 radical (unpaired) electrons. The fourth-order valence-electron chi connectivity index (χ4n) is 4.56. The van der Waals surface area contributed by atoms with Crippen LogP contribution >= 0.6 is 12.2 Å². The molecule has 1 aliphatic heterocycles. The lowest BCUT2D eigenvalue weighted by Gasteiger charge is -2.28. The van der Waals surface area contributed by atoms with Crippen LogP contribution in [0.4, 0.5) is 5.69 Å². The molecule has 6 nitrogen and oxygen atoms in total. The first kappa shape index (κ1) is 23.3. The molecule has 2 atom stereocenters. The van der Waals surface area contributed by atoms with E-state index in [1.54, 1.807) is 7.11 Å². The van der Waals surface area contributed by atoms with Crippen molar-refractivity contribution in [3.63, 3.8) is 0 Å². The maximum atomic E-state index is 5.86. The Morgan fingerprint density at radius 1 is 1.12 bits per heavy atom. The number of hydrogen-bond acceptors (Lipinski definition) is 4. The molecule has 1 aliphatic rings. The molecule has 0 saturated carbocycles. The fourth-order valence-corrected chi connectivity index (χ4v) is 4.91. The number of thiocarbonyl (C=S) groups is 1. The van der Waals surface area contributed by atoms with Gasteiger partial charge in [0.15, 0.2) is 5.11 Å². The zero-order valence-corrected chi connectivity index (χ0v) is 20.7. The standard InChI is InChI=1S/C26H32N4O2S/c1-17(2)32-21-11-9-20(10-12-21)30-25(22-16-18(3)29(19(22)4)14-15-31-5)24(28-26(30)33)23-8-6-7-13-27-23/h6-13,16-17,24-25H,14-15H2,1-5H3,(H,28,33)/t24-,25-/m0/s1. The summed E-state index contributed by atoms with van der Waals surface area (Å²) >= 11 is 5.86. The molecule has 0 unspecified atom stereocenters. The van der Waals surface area contributed by atoms with Crippen molar-refractivity contribution in [1.82, 2.24) is 14.9 Å². The van der Waals surface area contributed by atoms with Crippen molar-refractivity contribution in [2.75, 3.05) is 18.6 Å². The minimum Gasteiger partial charge on any atom is -0.491 e. The molecule has 4 rings (SSSR count). The van der Waals surface area contributed by atoms with Crippen molar-refractivity contribution >= 4 is 23.0 Å². The third-order valence-electron chi connectivity index (χ3n) is 6.04. The second kappa shape index (κ2) is 9.93. The van der Waals surface area contributed by atoms with Crippen LogP contribution in [-0.2, 0) is 11.3 Å². The van der Waals surface area contributed by atoms with Crippen LogP contribution in [0.25, 0.3) is 0 Å². The maximum Gasteiger partial charge on any atom is 0.174 e. The van der Waals surface area contributed by atoms with Gasteiger partial charge in [-0.3, -0.25) is 4.98 Å². The fraction of sp³-hybridized carbons (Fsp3) is 0.385. The van der Waals surface area contributed by atoms with Crippen molar-refractivity contribution in [2.24, 2.45) is 0 Å². The topological polar surface area (TPSA) is 51.5 Å². The van der Waals surface area contributed by atoms with Gasteiger partial charge < -0.3 is 24.3 Å². The third-order valence-corrected chi connectivity index (χ3v) is 6.35. The monoisotopic (exact) mass is 464 g/mol. The van der Waals surface area contributed by atoms with E-state index in [-0.39, 0.29) is 18.2 Å². The van der Waals surface area contributed by atoms with E-state index in [0.717, 1.165) is 23.7 Å². The molecular formula is C26H32N4O2S. The molecule has 3 aromatic rings. The Balaban J connectivity index is 1.78. The van der Waals surface area contributed by atoms with Crippen molar-refractivity contribution in [1.29, 1.82) is 0 Å². The van der Waals surface area contributed by atoms with Gasteiger partial charge in [-0.25, -0.2) is 0 Å². The minimum atomic E-state index is -0.0679. The average molecular weight is 465 g/mol. The van der Waals surface area contributed by atoms with E-state index in [1.807, 2.05) is 44.3 Å². The second-order valence-electron chi connectivity index (χ2n) is 8.63. The molecule has 7 heteroatoms. The summed E-state index contributed by atoms with van der Waals surface area (Å²) in [7, 11) is 1.74. The summed E-state index contributed by atoms with van der Waals surface area (Å²) in [5, 5.41) is 4.23. The smallest absolute Gasteiger partial charge is 0.174 e. The Hall–Kier alpha value is -2.90. The van der Waals surface area contributed by atoms with Crippen LogP contribution in [-0.4, -0.2) is 34.5 Å². The lowest BCUT2D eigenvalue weighted by molar-refractivity contribution is 0.186. The molecule has 3 heterocycles. The van der Waals surface area contributed by atoms with E-state index in [4.69, 9.17) is 21.7 Å². The zero-order chi connectivity index (χ0) is 23.5. The summed E-state index contributed by atoms with van der Waals surface area (Å²) in [4.78, 5) is 6.86. The lowest BCUT2D eigenvalue weighted by Crippen LogP contribution is -2.29. The van der Waals surface area contributed by atoms with Crippen molar-refractivity contribution < 1.29 is 9.47 Å². The Kier molecular flexibility index (Phi) is 7.00. The summed E-state index contributed by atoms with van der Waals surface area (Å²) in [6, 6.07) is 16.3. The Morgan fingerprint density at radius 2 is 1.88 bits per heavy atom. The number of methoxy groups -OCH3 is 1. The Bertz CT molecular complexity index is 1100. The molecule has 1 N–H and O–H groups in total. The minimum absolute atomic E-state index is 0.0354. The van der Waals surface area contributed by atoms with Crippen LogP contribution in [0.2, 0.25) is 0 Å². The van der Waals surface area contributed by atoms with Gasteiger partial charge in [-0.1, -0.05) is 6.07 Å². The highest BCUT2D eigenvalue weighted by molar-refractivity contribution is 7.80. The van der Waals surface area contributed by atoms with E-state index in [9.17, 15) is 0 Å². The van der Waals surface area contributed by atoms with Gasteiger partial charge in [-0.05, 0) is 87.9 Å². The average Bonchev–Trinajstić information content (AvgIpc) is 3.28. The van der Waals surface area contributed by atoms with Crippen LogP contribution in [0.15, 0.2) is 54.7 Å². The van der Waals surface area contributed by atoms with Crippen LogP contribution in [0.5, 0.6) is 5.75 Å². The number of benzene rings is 1. The van der Waals surface area contributed by atoms with Crippen LogP contribution in [0.3, 0.4) is 0 Å². The van der Waals surface area contributed by atoms with E-state index < -0.39 is 0 Å². The number of nitrogens with one attached hydrogen (secondary N) is 1. The normalized spacial score (nSPS) is 18.1. The van der Waals surface area contributed by atoms with E-state index in [1.165, 1.54) is 17.0 Å². The summed E-state index contributed by atoms with van der Waals surface area (Å²) in [5.41, 5.74) is 5.64. The molecule has 174 valence electrons. The summed E-state index contributed by atoms with van der Waals surface area (Å²) < 4.78 is 13.5. The maximum absolute atomic E-state index is 5.86. The molecule has 33 heavy (non-hydrogen) atoms. The van der Waals surface area contributed by atoms with Gasteiger partial charge in [0.05, 0.1) is 30.5 Å². The summed E-state index contributed by atoms with van der Waals surface area (Å²) in [5.74, 6) is 0.849. The molecule has 1 aromatic carbocycles. The molecule has 0 spiro atoms. The highest BCUT2D eigenvalue weighted by Gasteiger charge is 2.42. The molecular weight excluding hydrogens is 432 g/mol. The predicted molar refractivity (Wildman–Crippen MR) is 136 cm³/mol. The summed E-state index contributed by atoms with van der Waals surface area (Å²) in [6.45, 7) is 9.86. The predicted octanol–water partition coefficient (Wildman–Crippen LogP) is 5.11. The summed E-state index contributed by atoms with van der Waals surface area (Å²) in [6.07, 6.45) is 1.96. The first-order chi connectivity index (χ1) is 15.9. The van der Waals surface area contributed by atoms with E-state index in [0.29, 0.717) is 11.7 Å². The Morgan fingerprint density at radius 3 is 2.52 bits per heavy atom. The number of ether oxygens (including phenoxy) is 2. The molecule has 2 aromatic heterocycles. The molecule has 0 bridgehead atoms. The lowest BCUT2D eigenvalue weighted by atomic mass is 9.96. The zero-order valence-electron chi connectivity index (χ0n) is 19.9. The van der Waals surface area contributed by atoms with Crippen LogP contribution in [0, 0.1) is 13.8 Å².